The number of rotatable bonds is 4. The molecule has 1 heterocycles. The van der Waals surface area contributed by atoms with E-state index in [4.69, 9.17) is 14.2 Å². The molecule has 19 heavy (non-hydrogen) atoms. The molecular formula is C13H17NO5. The van der Waals surface area contributed by atoms with Gasteiger partial charge in [-0.3, -0.25) is 10.1 Å². The molecule has 0 aromatic heterocycles. The molecule has 0 amide bonds. The van der Waals surface area contributed by atoms with Gasteiger partial charge in [0.25, 0.3) is 5.69 Å². The lowest BCUT2D eigenvalue weighted by molar-refractivity contribution is -0.384. The Morgan fingerprint density at radius 1 is 1.53 bits per heavy atom. The second-order valence-electron chi connectivity index (χ2n) is 4.97. The molecule has 104 valence electrons. The highest BCUT2D eigenvalue weighted by atomic mass is 16.7. The predicted octanol–water partition coefficient (Wildman–Crippen LogP) is 2.43. The highest BCUT2D eigenvalue weighted by Crippen LogP contribution is 2.26. The highest BCUT2D eigenvalue weighted by Gasteiger charge is 2.33. The van der Waals surface area contributed by atoms with Crippen LogP contribution in [0.15, 0.2) is 18.2 Å². The third-order valence-electron chi connectivity index (χ3n) is 2.86. The minimum absolute atomic E-state index is 0.0615. The van der Waals surface area contributed by atoms with Crippen LogP contribution in [0.4, 0.5) is 5.69 Å². The number of aryl methyl sites for hydroxylation is 1. The molecule has 1 saturated heterocycles. The van der Waals surface area contributed by atoms with Crippen LogP contribution in [0.1, 0.15) is 19.4 Å². The highest BCUT2D eigenvalue weighted by molar-refractivity contribution is 5.42. The van der Waals surface area contributed by atoms with Crippen LogP contribution in [-0.2, 0) is 9.47 Å². The van der Waals surface area contributed by atoms with Gasteiger partial charge in [0.05, 0.1) is 11.5 Å². The summed E-state index contributed by atoms with van der Waals surface area (Å²) in [6.07, 6.45) is -0.121. The van der Waals surface area contributed by atoms with Crippen LogP contribution in [0.5, 0.6) is 5.75 Å². The van der Waals surface area contributed by atoms with Crippen LogP contribution >= 0.6 is 0 Å². The summed E-state index contributed by atoms with van der Waals surface area (Å²) in [6, 6.07) is 4.53. The van der Waals surface area contributed by atoms with E-state index in [1.165, 1.54) is 12.1 Å². The first-order valence-electron chi connectivity index (χ1n) is 6.07. The van der Waals surface area contributed by atoms with Gasteiger partial charge in [0, 0.05) is 12.1 Å². The molecule has 1 aromatic carbocycles. The fourth-order valence-corrected chi connectivity index (χ4v) is 1.94. The van der Waals surface area contributed by atoms with Gasteiger partial charge in [0.15, 0.2) is 5.79 Å². The van der Waals surface area contributed by atoms with Crippen molar-refractivity contribution in [2.24, 2.45) is 0 Å². The number of non-ortho nitro benzene ring substituents is 1. The second-order valence-corrected chi connectivity index (χ2v) is 4.97. The van der Waals surface area contributed by atoms with Crippen LogP contribution < -0.4 is 4.74 Å². The number of nitrogens with zero attached hydrogens (tertiary/aromatic N) is 1. The number of hydrogen-bond acceptors (Lipinski definition) is 5. The summed E-state index contributed by atoms with van der Waals surface area (Å²) in [4.78, 5) is 10.2. The fourth-order valence-electron chi connectivity index (χ4n) is 1.94. The maximum absolute atomic E-state index is 10.6. The lowest BCUT2D eigenvalue weighted by Gasteiger charge is -2.17. The Hall–Kier alpha value is -1.66. The molecule has 1 unspecified atom stereocenters. The van der Waals surface area contributed by atoms with Crippen molar-refractivity contribution in [1.82, 2.24) is 0 Å². The third kappa shape index (κ3) is 3.42. The van der Waals surface area contributed by atoms with Gasteiger partial charge in [-0.25, -0.2) is 0 Å². The van der Waals surface area contributed by atoms with E-state index in [-0.39, 0.29) is 11.8 Å². The Bertz CT molecular complexity index is 486. The van der Waals surface area contributed by atoms with Gasteiger partial charge in [-0.2, -0.15) is 0 Å². The van der Waals surface area contributed by atoms with Crippen molar-refractivity contribution in [2.45, 2.75) is 32.7 Å². The van der Waals surface area contributed by atoms with Gasteiger partial charge >= 0.3 is 0 Å². The molecule has 0 radical (unpaired) electrons. The molecule has 0 saturated carbocycles. The second kappa shape index (κ2) is 5.14. The van der Waals surface area contributed by atoms with Gasteiger partial charge in [-0.05, 0) is 32.4 Å². The first-order chi connectivity index (χ1) is 8.87. The van der Waals surface area contributed by atoms with Crippen molar-refractivity contribution in [3.05, 3.63) is 33.9 Å². The van der Waals surface area contributed by atoms with Crippen molar-refractivity contribution in [3.63, 3.8) is 0 Å². The summed E-state index contributed by atoms with van der Waals surface area (Å²) < 4.78 is 16.7. The predicted molar refractivity (Wildman–Crippen MR) is 68.2 cm³/mol. The lowest BCUT2D eigenvalue weighted by Crippen LogP contribution is -2.25. The standard InChI is InChI=1S/C13H17NO5/c1-9-6-10(14(15)16)4-5-12(9)17-7-11-8-18-13(2,3)19-11/h4-6,11H,7-8H2,1-3H3. The molecule has 1 atom stereocenters. The Morgan fingerprint density at radius 3 is 2.79 bits per heavy atom. The van der Waals surface area contributed by atoms with Crippen molar-refractivity contribution in [3.8, 4) is 5.75 Å². The third-order valence-corrected chi connectivity index (χ3v) is 2.86. The van der Waals surface area contributed by atoms with Crippen molar-refractivity contribution >= 4 is 5.69 Å². The van der Waals surface area contributed by atoms with Crippen LogP contribution in [-0.4, -0.2) is 30.0 Å². The van der Waals surface area contributed by atoms with E-state index >= 15 is 0 Å². The molecular weight excluding hydrogens is 250 g/mol. The summed E-state index contributed by atoms with van der Waals surface area (Å²) in [6.45, 7) is 6.33. The minimum atomic E-state index is -0.571. The monoisotopic (exact) mass is 267 g/mol. The number of hydrogen-bond donors (Lipinski definition) is 0. The Balaban J connectivity index is 1.95. The molecule has 0 spiro atoms. The molecule has 6 heteroatoms. The molecule has 0 bridgehead atoms. The summed E-state index contributed by atoms with van der Waals surface area (Å²) >= 11 is 0. The molecule has 2 rings (SSSR count). The lowest BCUT2D eigenvalue weighted by atomic mass is 10.2. The van der Waals surface area contributed by atoms with E-state index in [0.717, 1.165) is 5.56 Å². The van der Waals surface area contributed by atoms with E-state index in [1.54, 1.807) is 13.0 Å². The average molecular weight is 267 g/mol. The van der Waals surface area contributed by atoms with E-state index in [1.807, 2.05) is 13.8 Å². The number of ether oxygens (including phenoxy) is 3. The Morgan fingerprint density at radius 2 is 2.26 bits per heavy atom. The normalized spacial score (nSPS) is 21.3. The largest absolute Gasteiger partial charge is 0.491 e. The van der Waals surface area contributed by atoms with E-state index in [2.05, 4.69) is 0 Å². The quantitative estimate of drug-likeness (QED) is 0.619. The van der Waals surface area contributed by atoms with Gasteiger partial charge in [0.2, 0.25) is 0 Å². The molecule has 1 fully saturated rings. The first-order valence-corrected chi connectivity index (χ1v) is 6.07. The van der Waals surface area contributed by atoms with Crippen LogP contribution in [0.2, 0.25) is 0 Å². The molecule has 0 N–H and O–H groups in total. The van der Waals surface area contributed by atoms with E-state index in [0.29, 0.717) is 19.0 Å². The first kappa shape index (κ1) is 13.8. The fraction of sp³-hybridized carbons (Fsp3) is 0.538. The maximum atomic E-state index is 10.6. The average Bonchev–Trinajstić information content (AvgIpc) is 2.67. The summed E-state index contributed by atoms with van der Waals surface area (Å²) in [5.74, 6) is 0.0531. The zero-order valence-corrected chi connectivity index (χ0v) is 11.2. The molecule has 1 aliphatic heterocycles. The smallest absolute Gasteiger partial charge is 0.269 e. The van der Waals surface area contributed by atoms with Crippen molar-refractivity contribution < 1.29 is 19.1 Å². The van der Waals surface area contributed by atoms with E-state index < -0.39 is 10.7 Å². The minimum Gasteiger partial charge on any atom is -0.491 e. The zero-order valence-electron chi connectivity index (χ0n) is 11.2. The van der Waals surface area contributed by atoms with Crippen molar-refractivity contribution in [1.29, 1.82) is 0 Å². The zero-order chi connectivity index (χ0) is 14.0. The Kier molecular flexibility index (Phi) is 3.73. The number of benzene rings is 1. The van der Waals surface area contributed by atoms with Crippen LogP contribution in [0, 0.1) is 17.0 Å². The molecule has 1 aromatic rings. The van der Waals surface area contributed by atoms with Crippen LogP contribution in [0.25, 0.3) is 0 Å². The van der Waals surface area contributed by atoms with Gasteiger partial charge < -0.3 is 14.2 Å². The summed E-state index contributed by atoms with van der Waals surface area (Å²) in [5.41, 5.74) is 0.791. The number of nitro benzene ring substituents is 1. The molecule has 1 aliphatic rings. The topological polar surface area (TPSA) is 70.8 Å². The van der Waals surface area contributed by atoms with Gasteiger partial charge in [-0.15, -0.1) is 0 Å². The Labute approximate surface area is 111 Å². The maximum Gasteiger partial charge on any atom is 0.269 e. The van der Waals surface area contributed by atoms with Crippen LogP contribution in [0.3, 0.4) is 0 Å². The van der Waals surface area contributed by atoms with Gasteiger partial charge in [0.1, 0.15) is 18.5 Å². The van der Waals surface area contributed by atoms with Gasteiger partial charge in [-0.1, -0.05) is 0 Å². The van der Waals surface area contributed by atoms with E-state index in [9.17, 15) is 10.1 Å². The molecule has 0 aliphatic carbocycles. The SMILES string of the molecule is Cc1cc([N+](=O)[O-])ccc1OCC1COC(C)(C)O1. The summed E-state index contributed by atoms with van der Waals surface area (Å²) in [5, 5.41) is 10.6. The summed E-state index contributed by atoms with van der Waals surface area (Å²) in [7, 11) is 0. The van der Waals surface area contributed by atoms with Crippen molar-refractivity contribution in [2.75, 3.05) is 13.2 Å². The molecule has 6 nitrogen and oxygen atoms in total. The number of nitro groups is 1.